The first kappa shape index (κ1) is 16.1. The Kier molecular flexibility index (Phi) is 3.77. The number of nitrogens with one attached hydrogen (secondary N) is 2. The van der Waals surface area contributed by atoms with E-state index in [9.17, 15) is 0 Å². The van der Waals surface area contributed by atoms with Gasteiger partial charge in [-0.15, -0.1) is 0 Å². The van der Waals surface area contributed by atoms with Gasteiger partial charge in [-0.05, 0) is 37.5 Å². The maximum atomic E-state index is 6.23. The number of aromatic nitrogens is 4. The third kappa shape index (κ3) is 3.25. The molecular formula is C17H20ClN7. The molecule has 2 heterocycles. The summed E-state index contributed by atoms with van der Waals surface area (Å²) < 4.78 is 1.73. The Morgan fingerprint density at radius 1 is 1.32 bits per heavy atom. The Hall–Kier alpha value is -2.38. The van der Waals surface area contributed by atoms with Crippen molar-refractivity contribution in [1.29, 1.82) is 0 Å². The van der Waals surface area contributed by atoms with Gasteiger partial charge in [0.1, 0.15) is 5.82 Å². The normalized spacial score (nSPS) is 15.4. The summed E-state index contributed by atoms with van der Waals surface area (Å²) in [4.78, 5) is 9.16. The second-order valence-corrected chi connectivity index (χ2v) is 7.11. The van der Waals surface area contributed by atoms with Crippen molar-refractivity contribution in [2.24, 2.45) is 12.8 Å². The summed E-state index contributed by atoms with van der Waals surface area (Å²) in [6.07, 6.45) is 3.81. The van der Waals surface area contributed by atoms with E-state index in [0.717, 1.165) is 35.1 Å². The molecule has 7 nitrogen and oxygen atoms in total. The maximum Gasteiger partial charge on any atom is 0.226 e. The second kappa shape index (κ2) is 5.86. The van der Waals surface area contributed by atoms with Crippen LogP contribution in [0.25, 0.3) is 11.0 Å². The van der Waals surface area contributed by atoms with E-state index in [1.54, 1.807) is 10.9 Å². The van der Waals surface area contributed by atoms with Crippen molar-refractivity contribution < 1.29 is 0 Å². The van der Waals surface area contributed by atoms with Gasteiger partial charge in [0.2, 0.25) is 5.95 Å². The Morgan fingerprint density at radius 2 is 2.12 bits per heavy atom. The number of nitrogens with zero attached hydrogens (tertiary/aromatic N) is 4. The second-order valence-electron chi connectivity index (χ2n) is 6.71. The molecule has 0 aliphatic heterocycles. The van der Waals surface area contributed by atoms with Crippen LogP contribution in [0.4, 0.5) is 17.5 Å². The molecule has 1 aliphatic rings. The highest BCUT2D eigenvalue weighted by molar-refractivity contribution is 6.31. The third-order valence-corrected chi connectivity index (χ3v) is 4.92. The summed E-state index contributed by atoms with van der Waals surface area (Å²) in [5.74, 6) is 1.22. The van der Waals surface area contributed by atoms with Gasteiger partial charge in [0.25, 0.3) is 0 Å². The molecule has 1 aromatic carbocycles. The molecule has 4 N–H and O–H groups in total. The minimum atomic E-state index is -0.122. The van der Waals surface area contributed by atoms with E-state index < -0.39 is 0 Å². The van der Waals surface area contributed by atoms with E-state index in [1.807, 2.05) is 32.2 Å². The highest BCUT2D eigenvalue weighted by Gasteiger charge is 2.38. The molecule has 0 amide bonds. The number of benzene rings is 1. The average molecular weight is 358 g/mol. The first-order valence-corrected chi connectivity index (χ1v) is 8.57. The summed E-state index contributed by atoms with van der Waals surface area (Å²) in [5, 5.41) is 12.4. The van der Waals surface area contributed by atoms with Gasteiger partial charge in [0, 0.05) is 29.8 Å². The smallest absolute Gasteiger partial charge is 0.226 e. The Bertz CT molecular complexity index is 946. The lowest BCUT2D eigenvalue weighted by atomic mass is 10.2. The molecule has 25 heavy (non-hydrogen) atoms. The number of hydrogen-bond acceptors (Lipinski definition) is 6. The summed E-state index contributed by atoms with van der Waals surface area (Å²) in [6.45, 7) is 2.63. The minimum absolute atomic E-state index is 0.122. The molecule has 0 saturated heterocycles. The summed E-state index contributed by atoms with van der Waals surface area (Å²) >= 11 is 6.23. The molecule has 1 aliphatic carbocycles. The van der Waals surface area contributed by atoms with Crippen LogP contribution in [0.5, 0.6) is 0 Å². The molecule has 0 atom stereocenters. The number of halogens is 1. The molecule has 2 aromatic heterocycles. The minimum Gasteiger partial charge on any atom is -0.352 e. The van der Waals surface area contributed by atoms with Gasteiger partial charge in [0.15, 0.2) is 5.65 Å². The van der Waals surface area contributed by atoms with E-state index in [-0.39, 0.29) is 5.54 Å². The molecule has 0 bridgehead atoms. The van der Waals surface area contributed by atoms with Crippen LogP contribution >= 0.6 is 11.6 Å². The van der Waals surface area contributed by atoms with Crippen molar-refractivity contribution in [2.75, 3.05) is 17.2 Å². The van der Waals surface area contributed by atoms with Crippen LogP contribution in [-0.4, -0.2) is 31.8 Å². The molecule has 1 saturated carbocycles. The van der Waals surface area contributed by atoms with Gasteiger partial charge < -0.3 is 16.4 Å². The van der Waals surface area contributed by atoms with Crippen LogP contribution in [0.1, 0.15) is 18.4 Å². The Balaban J connectivity index is 1.69. The third-order valence-electron chi connectivity index (χ3n) is 4.52. The average Bonchev–Trinajstić information content (AvgIpc) is 3.21. The maximum absolute atomic E-state index is 6.23. The number of anilines is 3. The topological polar surface area (TPSA) is 93.7 Å². The number of hydrogen-bond donors (Lipinski definition) is 3. The van der Waals surface area contributed by atoms with Gasteiger partial charge in [-0.25, -0.2) is 0 Å². The molecule has 1 fully saturated rings. The molecule has 0 spiro atoms. The van der Waals surface area contributed by atoms with Crippen LogP contribution in [0.15, 0.2) is 24.4 Å². The van der Waals surface area contributed by atoms with E-state index in [1.165, 1.54) is 0 Å². The number of fused-ring (bicyclic) bond motifs is 1. The Morgan fingerprint density at radius 3 is 2.84 bits per heavy atom. The lowest BCUT2D eigenvalue weighted by molar-refractivity contribution is 0.708. The molecule has 130 valence electrons. The predicted molar refractivity (Wildman–Crippen MR) is 100 cm³/mol. The van der Waals surface area contributed by atoms with Gasteiger partial charge in [-0.1, -0.05) is 17.7 Å². The van der Waals surface area contributed by atoms with E-state index in [2.05, 4.69) is 25.7 Å². The van der Waals surface area contributed by atoms with Crippen LogP contribution in [0.3, 0.4) is 0 Å². The number of nitrogens with two attached hydrogens (primary N) is 1. The molecule has 4 rings (SSSR count). The van der Waals surface area contributed by atoms with E-state index >= 15 is 0 Å². The van der Waals surface area contributed by atoms with Gasteiger partial charge >= 0.3 is 0 Å². The summed E-state index contributed by atoms with van der Waals surface area (Å²) in [5.41, 5.74) is 8.66. The fourth-order valence-electron chi connectivity index (χ4n) is 2.60. The van der Waals surface area contributed by atoms with E-state index in [4.69, 9.17) is 17.3 Å². The number of rotatable bonds is 5. The Labute approximate surface area is 150 Å². The first-order chi connectivity index (χ1) is 11.9. The fourth-order valence-corrected chi connectivity index (χ4v) is 2.78. The van der Waals surface area contributed by atoms with Crippen LogP contribution in [0, 0.1) is 6.92 Å². The largest absolute Gasteiger partial charge is 0.352 e. The van der Waals surface area contributed by atoms with Crippen molar-refractivity contribution in [2.45, 2.75) is 25.3 Å². The van der Waals surface area contributed by atoms with Gasteiger partial charge in [-0.2, -0.15) is 15.1 Å². The molecule has 0 radical (unpaired) electrons. The van der Waals surface area contributed by atoms with Crippen LogP contribution in [-0.2, 0) is 7.05 Å². The molecule has 8 heteroatoms. The highest BCUT2D eigenvalue weighted by atomic mass is 35.5. The zero-order valence-electron chi connectivity index (χ0n) is 14.2. The summed E-state index contributed by atoms with van der Waals surface area (Å²) in [7, 11) is 1.86. The SMILES string of the molecule is Cc1ccc(Nc2nc(NCC3(N)CC3)nc3c2cnn3C)cc1Cl. The van der Waals surface area contributed by atoms with Crippen molar-refractivity contribution in [3.05, 3.63) is 35.0 Å². The van der Waals surface area contributed by atoms with Crippen molar-refractivity contribution >= 4 is 40.1 Å². The van der Waals surface area contributed by atoms with Crippen molar-refractivity contribution in [3.63, 3.8) is 0 Å². The van der Waals surface area contributed by atoms with Crippen molar-refractivity contribution in [3.8, 4) is 0 Å². The number of aryl methyl sites for hydroxylation is 2. The van der Waals surface area contributed by atoms with Crippen LogP contribution in [0.2, 0.25) is 5.02 Å². The zero-order chi connectivity index (χ0) is 17.6. The lowest BCUT2D eigenvalue weighted by Gasteiger charge is -2.13. The van der Waals surface area contributed by atoms with E-state index in [0.29, 0.717) is 23.3 Å². The highest BCUT2D eigenvalue weighted by Crippen LogP contribution is 2.32. The first-order valence-electron chi connectivity index (χ1n) is 8.19. The van der Waals surface area contributed by atoms with Crippen LogP contribution < -0.4 is 16.4 Å². The lowest BCUT2D eigenvalue weighted by Crippen LogP contribution is -2.31. The van der Waals surface area contributed by atoms with Gasteiger partial charge in [-0.3, -0.25) is 4.68 Å². The fraction of sp³-hybridized carbons (Fsp3) is 0.353. The van der Waals surface area contributed by atoms with Gasteiger partial charge in [0.05, 0.1) is 11.6 Å². The standard InChI is InChI=1S/C17H20ClN7/c1-10-3-4-11(7-13(10)18)22-14-12-8-21-25(2)15(12)24-16(23-14)20-9-17(19)5-6-17/h3-4,7-8H,5-6,9,19H2,1-2H3,(H2,20,22,23,24). The summed E-state index contributed by atoms with van der Waals surface area (Å²) in [6, 6.07) is 5.82. The molecule has 0 unspecified atom stereocenters. The molecular weight excluding hydrogens is 338 g/mol. The quantitative estimate of drug-likeness (QED) is 0.650. The molecule has 3 aromatic rings. The monoisotopic (exact) mass is 357 g/mol. The zero-order valence-corrected chi connectivity index (χ0v) is 14.9. The van der Waals surface area contributed by atoms with Crippen molar-refractivity contribution in [1.82, 2.24) is 19.7 Å². The predicted octanol–water partition coefficient (Wildman–Crippen LogP) is 2.97.